The van der Waals surface area contributed by atoms with Crippen LogP contribution in [0.2, 0.25) is 0 Å². The number of rotatable bonds is 5. The Hall–Kier alpha value is -1.60. The molecule has 0 fully saturated rings. The van der Waals surface area contributed by atoms with Gasteiger partial charge in [-0.3, -0.25) is 5.32 Å². The summed E-state index contributed by atoms with van der Waals surface area (Å²) in [6.07, 6.45) is 5.18. The smallest absolute Gasteiger partial charge is 0.138 e. The van der Waals surface area contributed by atoms with Crippen LogP contribution in [0.5, 0.6) is 0 Å². The van der Waals surface area contributed by atoms with Crippen LogP contribution in [-0.4, -0.2) is 16.1 Å². The summed E-state index contributed by atoms with van der Waals surface area (Å²) < 4.78 is 1.95. The van der Waals surface area contributed by atoms with Gasteiger partial charge in [-0.1, -0.05) is 6.08 Å². The van der Waals surface area contributed by atoms with E-state index in [1.165, 1.54) is 0 Å². The van der Waals surface area contributed by atoms with Crippen molar-refractivity contribution >= 4 is 0 Å². The van der Waals surface area contributed by atoms with E-state index in [0.29, 0.717) is 6.54 Å². The Morgan fingerprint density at radius 3 is 3.21 bits per heavy atom. The number of hydrogen-bond donors (Lipinski definition) is 1. The lowest BCUT2D eigenvalue weighted by atomic mass is 10.2. The Labute approximate surface area is 83.9 Å². The Kier molecular flexibility index (Phi) is 3.89. The van der Waals surface area contributed by atoms with Gasteiger partial charge in [0.1, 0.15) is 6.04 Å². The monoisotopic (exact) mass is 190 g/mol. The van der Waals surface area contributed by atoms with E-state index in [-0.39, 0.29) is 6.04 Å². The molecule has 0 aliphatic heterocycles. The van der Waals surface area contributed by atoms with E-state index < -0.39 is 0 Å². The minimum Gasteiger partial charge on any atom is -0.333 e. The minimum atomic E-state index is -0.310. The van der Waals surface area contributed by atoms with Crippen molar-refractivity contribution in [1.29, 1.82) is 5.26 Å². The zero-order valence-corrected chi connectivity index (χ0v) is 8.27. The molecule has 1 N–H and O–H groups in total. The van der Waals surface area contributed by atoms with Crippen LogP contribution < -0.4 is 5.32 Å². The fourth-order valence-corrected chi connectivity index (χ4v) is 1.25. The first-order valence-electron chi connectivity index (χ1n) is 4.57. The van der Waals surface area contributed by atoms with E-state index >= 15 is 0 Å². The average Bonchev–Trinajstić information content (AvgIpc) is 2.67. The number of aryl methyl sites for hydroxylation is 1. The van der Waals surface area contributed by atoms with E-state index in [1.54, 1.807) is 18.6 Å². The molecule has 74 valence electrons. The summed E-state index contributed by atoms with van der Waals surface area (Å²) in [5.41, 5.74) is 0.900. The molecule has 1 unspecified atom stereocenters. The summed E-state index contributed by atoms with van der Waals surface area (Å²) >= 11 is 0. The first-order valence-corrected chi connectivity index (χ1v) is 4.57. The third-order valence-electron chi connectivity index (χ3n) is 1.98. The Morgan fingerprint density at radius 2 is 2.64 bits per heavy atom. The Morgan fingerprint density at radius 1 is 1.86 bits per heavy atom. The standard InChI is InChI=1S/C10H14N4/c1-3-5-13-9(6-11)10-7-12-8-14(10)4-2/h3,7-9,13H,1,4-5H2,2H3. The van der Waals surface area contributed by atoms with Crippen molar-refractivity contribution in [2.75, 3.05) is 6.54 Å². The van der Waals surface area contributed by atoms with Crippen LogP contribution in [-0.2, 0) is 6.54 Å². The van der Waals surface area contributed by atoms with Gasteiger partial charge >= 0.3 is 0 Å². The maximum atomic E-state index is 8.96. The van der Waals surface area contributed by atoms with E-state index in [4.69, 9.17) is 5.26 Å². The minimum absolute atomic E-state index is 0.310. The van der Waals surface area contributed by atoms with Gasteiger partial charge in [0.25, 0.3) is 0 Å². The zero-order valence-electron chi connectivity index (χ0n) is 8.27. The molecule has 0 spiro atoms. The maximum Gasteiger partial charge on any atom is 0.138 e. The van der Waals surface area contributed by atoms with Gasteiger partial charge in [-0.2, -0.15) is 5.26 Å². The van der Waals surface area contributed by atoms with Gasteiger partial charge in [0.05, 0.1) is 24.3 Å². The summed E-state index contributed by atoms with van der Waals surface area (Å²) in [7, 11) is 0. The van der Waals surface area contributed by atoms with E-state index in [1.807, 2.05) is 11.5 Å². The molecule has 1 aromatic heterocycles. The van der Waals surface area contributed by atoms with Crippen LogP contribution in [0.15, 0.2) is 25.2 Å². The number of nitrogens with zero attached hydrogens (tertiary/aromatic N) is 3. The molecular weight excluding hydrogens is 176 g/mol. The number of nitrogens with one attached hydrogen (secondary N) is 1. The van der Waals surface area contributed by atoms with Gasteiger partial charge in [-0.05, 0) is 6.92 Å². The molecule has 1 aromatic rings. The molecule has 0 aromatic carbocycles. The van der Waals surface area contributed by atoms with Crippen molar-refractivity contribution in [1.82, 2.24) is 14.9 Å². The van der Waals surface area contributed by atoms with Crippen molar-refractivity contribution in [3.8, 4) is 6.07 Å². The number of aromatic nitrogens is 2. The molecule has 4 nitrogen and oxygen atoms in total. The summed E-state index contributed by atoms with van der Waals surface area (Å²) in [6, 6.07) is 1.88. The maximum absolute atomic E-state index is 8.96. The Balaban J connectivity index is 2.78. The molecule has 1 heterocycles. The molecule has 1 rings (SSSR count). The highest BCUT2D eigenvalue weighted by Crippen LogP contribution is 2.10. The molecule has 0 bridgehead atoms. The van der Waals surface area contributed by atoms with Crippen LogP contribution in [0, 0.1) is 11.3 Å². The van der Waals surface area contributed by atoms with E-state index in [9.17, 15) is 0 Å². The number of imidazole rings is 1. The molecule has 4 heteroatoms. The molecule has 0 aliphatic carbocycles. The highest BCUT2D eigenvalue weighted by molar-refractivity contribution is 5.14. The molecule has 0 amide bonds. The highest BCUT2D eigenvalue weighted by Gasteiger charge is 2.12. The predicted octanol–water partition coefficient (Wildman–Crippen LogP) is 1.24. The van der Waals surface area contributed by atoms with Gasteiger partial charge in [0.15, 0.2) is 0 Å². The van der Waals surface area contributed by atoms with Crippen LogP contribution in [0.25, 0.3) is 0 Å². The lowest BCUT2D eigenvalue weighted by Crippen LogP contribution is -2.22. The lowest BCUT2D eigenvalue weighted by Gasteiger charge is -2.11. The summed E-state index contributed by atoms with van der Waals surface area (Å²) in [6.45, 7) is 7.06. The fraction of sp³-hybridized carbons (Fsp3) is 0.400. The first kappa shape index (κ1) is 10.5. The van der Waals surface area contributed by atoms with Crippen molar-refractivity contribution in [2.24, 2.45) is 0 Å². The largest absolute Gasteiger partial charge is 0.333 e. The van der Waals surface area contributed by atoms with Gasteiger partial charge in [0.2, 0.25) is 0 Å². The van der Waals surface area contributed by atoms with Crippen molar-refractivity contribution in [3.63, 3.8) is 0 Å². The topological polar surface area (TPSA) is 53.6 Å². The van der Waals surface area contributed by atoms with Gasteiger partial charge in [0, 0.05) is 13.1 Å². The molecule has 14 heavy (non-hydrogen) atoms. The van der Waals surface area contributed by atoms with Crippen molar-refractivity contribution < 1.29 is 0 Å². The third kappa shape index (κ3) is 2.21. The quantitative estimate of drug-likeness (QED) is 0.711. The number of nitriles is 1. The second-order valence-electron chi connectivity index (χ2n) is 2.86. The van der Waals surface area contributed by atoms with Gasteiger partial charge in [-0.15, -0.1) is 6.58 Å². The number of hydrogen-bond acceptors (Lipinski definition) is 3. The van der Waals surface area contributed by atoms with Gasteiger partial charge < -0.3 is 4.57 Å². The highest BCUT2D eigenvalue weighted by atomic mass is 15.1. The average molecular weight is 190 g/mol. The van der Waals surface area contributed by atoms with Crippen LogP contribution in [0.4, 0.5) is 0 Å². The van der Waals surface area contributed by atoms with Crippen molar-refractivity contribution in [2.45, 2.75) is 19.5 Å². The lowest BCUT2D eigenvalue weighted by molar-refractivity contribution is 0.609. The SMILES string of the molecule is C=CCNC(C#N)c1cncn1CC. The van der Waals surface area contributed by atoms with E-state index in [2.05, 4.69) is 22.9 Å². The summed E-state index contributed by atoms with van der Waals surface area (Å²) in [4.78, 5) is 4.02. The molecule has 0 radical (unpaired) electrons. The summed E-state index contributed by atoms with van der Waals surface area (Å²) in [5.74, 6) is 0. The zero-order chi connectivity index (χ0) is 10.4. The fourth-order valence-electron chi connectivity index (χ4n) is 1.25. The predicted molar refractivity (Wildman–Crippen MR) is 54.5 cm³/mol. The van der Waals surface area contributed by atoms with Crippen LogP contribution in [0.1, 0.15) is 18.7 Å². The van der Waals surface area contributed by atoms with Crippen LogP contribution >= 0.6 is 0 Å². The van der Waals surface area contributed by atoms with Gasteiger partial charge in [-0.25, -0.2) is 4.98 Å². The second kappa shape index (κ2) is 5.20. The summed E-state index contributed by atoms with van der Waals surface area (Å²) in [5, 5.41) is 12.0. The van der Waals surface area contributed by atoms with Crippen LogP contribution in [0.3, 0.4) is 0 Å². The second-order valence-corrected chi connectivity index (χ2v) is 2.86. The normalized spacial score (nSPS) is 12.0. The first-order chi connectivity index (χ1) is 6.83. The van der Waals surface area contributed by atoms with Crippen molar-refractivity contribution in [3.05, 3.63) is 30.9 Å². The molecule has 1 atom stereocenters. The Bertz CT molecular complexity index is 334. The third-order valence-corrected chi connectivity index (χ3v) is 1.98. The molecule has 0 saturated carbocycles. The molecule has 0 aliphatic rings. The molecule has 0 saturated heterocycles. The van der Waals surface area contributed by atoms with E-state index in [0.717, 1.165) is 12.2 Å². The molecular formula is C10H14N4.